The van der Waals surface area contributed by atoms with Crippen LogP contribution in [0.25, 0.3) is 0 Å². The molecule has 5 nitrogen and oxygen atoms in total. The van der Waals surface area contributed by atoms with Crippen LogP contribution in [0.15, 0.2) is 0 Å². The Hall–Kier alpha value is -1.10. The van der Waals surface area contributed by atoms with E-state index in [0.717, 1.165) is 12.8 Å². The van der Waals surface area contributed by atoms with Crippen molar-refractivity contribution < 1.29 is 14.7 Å². The first-order chi connectivity index (χ1) is 7.91. The molecule has 0 aromatic rings. The second kappa shape index (κ2) is 6.00. The van der Waals surface area contributed by atoms with Crippen molar-refractivity contribution in [1.29, 1.82) is 0 Å². The zero-order valence-electron chi connectivity index (χ0n) is 10.6. The van der Waals surface area contributed by atoms with Crippen LogP contribution < -0.4 is 5.73 Å². The zero-order valence-corrected chi connectivity index (χ0v) is 10.6. The van der Waals surface area contributed by atoms with Gasteiger partial charge in [0.2, 0.25) is 5.91 Å². The first-order valence-corrected chi connectivity index (χ1v) is 6.18. The molecule has 0 aromatic heterocycles. The van der Waals surface area contributed by atoms with Crippen LogP contribution in [0, 0.1) is 5.92 Å². The van der Waals surface area contributed by atoms with Gasteiger partial charge in [0.05, 0.1) is 6.42 Å². The highest BCUT2D eigenvalue weighted by molar-refractivity contribution is 5.78. The summed E-state index contributed by atoms with van der Waals surface area (Å²) in [5, 5.41) is 8.64. The summed E-state index contributed by atoms with van der Waals surface area (Å²) < 4.78 is 0. The van der Waals surface area contributed by atoms with E-state index in [1.54, 1.807) is 4.90 Å². The van der Waals surface area contributed by atoms with Gasteiger partial charge in [0.25, 0.3) is 0 Å². The number of carbonyl (C=O) groups is 2. The van der Waals surface area contributed by atoms with Crippen molar-refractivity contribution in [3.63, 3.8) is 0 Å². The van der Waals surface area contributed by atoms with Crippen molar-refractivity contribution in [3.05, 3.63) is 0 Å². The minimum atomic E-state index is -0.880. The third kappa shape index (κ3) is 4.73. The molecule has 5 heteroatoms. The van der Waals surface area contributed by atoms with E-state index in [0.29, 0.717) is 12.3 Å². The lowest BCUT2D eigenvalue weighted by molar-refractivity contribution is -0.139. The molecule has 1 aliphatic rings. The van der Waals surface area contributed by atoms with Crippen LogP contribution in [0.4, 0.5) is 0 Å². The standard InChI is InChI=1S/C12H22N2O3/c1-8(2)14(6-5-12(16)17)11(15)7-10(13)9-3-4-9/h8-10H,3-7,13H2,1-2H3,(H,16,17). The van der Waals surface area contributed by atoms with Crippen LogP contribution in [0.2, 0.25) is 0 Å². The molecule has 1 atom stereocenters. The fraction of sp³-hybridized carbons (Fsp3) is 0.833. The molecule has 1 rings (SSSR count). The molecular formula is C12H22N2O3. The Bertz CT molecular complexity index is 287. The number of carboxylic acids is 1. The fourth-order valence-electron chi connectivity index (χ4n) is 1.90. The molecule has 98 valence electrons. The number of carbonyl (C=O) groups excluding carboxylic acids is 1. The van der Waals surface area contributed by atoms with E-state index in [2.05, 4.69) is 0 Å². The van der Waals surface area contributed by atoms with E-state index < -0.39 is 5.97 Å². The number of aliphatic carboxylic acids is 1. The van der Waals surface area contributed by atoms with E-state index in [1.807, 2.05) is 13.8 Å². The van der Waals surface area contributed by atoms with Gasteiger partial charge < -0.3 is 15.7 Å². The first kappa shape index (κ1) is 14.0. The Balaban J connectivity index is 2.44. The van der Waals surface area contributed by atoms with Gasteiger partial charge >= 0.3 is 5.97 Å². The van der Waals surface area contributed by atoms with Gasteiger partial charge in [-0.15, -0.1) is 0 Å². The van der Waals surface area contributed by atoms with E-state index in [-0.39, 0.29) is 31.0 Å². The molecule has 1 fully saturated rings. The monoisotopic (exact) mass is 242 g/mol. The van der Waals surface area contributed by atoms with Crippen LogP contribution in [0.3, 0.4) is 0 Å². The molecule has 0 aromatic carbocycles. The lowest BCUT2D eigenvalue weighted by Gasteiger charge is -2.27. The minimum absolute atomic E-state index is 0.0113. The number of nitrogens with two attached hydrogens (primary N) is 1. The van der Waals surface area contributed by atoms with Gasteiger partial charge in [0, 0.05) is 25.0 Å². The van der Waals surface area contributed by atoms with Gasteiger partial charge in [-0.05, 0) is 32.6 Å². The van der Waals surface area contributed by atoms with Crippen molar-refractivity contribution in [2.45, 2.75) is 51.6 Å². The minimum Gasteiger partial charge on any atom is -0.481 e. The van der Waals surface area contributed by atoms with Crippen LogP contribution >= 0.6 is 0 Å². The lowest BCUT2D eigenvalue weighted by atomic mass is 10.1. The number of amides is 1. The molecule has 1 amide bonds. The summed E-state index contributed by atoms with van der Waals surface area (Å²) in [5.41, 5.74) is 5.91. The summed E-state index contributed by atoms with van der Waals surface area (Å²) in [6.45, 7) is 4.05. The van der Waals surface area contributed by atoms with Crippen molar-refractivity contribution >= 4 is 11.9 Å². The Labute approximate surface area is 102 Å². The number of nitrogens with zero attached hydrogens (tertiary/aromatic N) is 1. The summed E-state index contributed by atoms with van der Waals surface area (Å²) >= 11 is 0. The maximum Gasteiger partial charge on any atom is 0.305 e. The summed E-state index contributed by atoms with van der Waals surface area (Å²) in [5.74, 6) is -0.414. The molecule has 3 N–H and O–H groups in total. The van der Waals surface area contributed by atoms with Crippen molar-refractivity contribution in [1.82, 2.24) is 4.90 Å². The Morgan fingerprint density at radius 2 is 2.00 bits per heavy atom. The number of rotatable bonds is 7. The van der Waals surface area contributed by atoms with Crippen LogP contribution in [0.5, 0.6) is 0 Å². The zero-order chi connectivity index (χ0) is 13.0. The van der Waals surface area contributed by atoms with E-state index in [9.17, 15) is 9.59 Å². The lowest BCUT2D eigenvalue weighted by Crippen LogP contribution is -2.41. The highest BCUT2D eigenvalue weighted by atomic mass is 16.4. The predicted molar refractivity (Wildman–Crippen MR) is 64.4 cm³/mol. The average Bonchev–Trinajstić information content (AvgIpc) is 2.99. The molecule has 0 spiro atoms. The van der Waals surface area contributed by atoms with Crippen LogP contribution in [-0.2, 0) is 9.59 Å². The maximum atomic E-state index is 12.0. The summed E-state index contributed by atoms with van der Waals surface area (Å²) in [7, 11) is 0. The fourth-order valence-corrected chi connectivity index (χ4v) is 1.90. The Kier molecular flexibility index (Phi) is 4.93. The number of hydrogen-bond donors (Lipinski definition) is 2. The molecule has 1 unspecified atom stereocenters. The molecule has 0 aliphatic heterocycles. The Morgan fingerprint density at radius 3 is 2.41 bits per heavy atom. The molecule has 17 heavy (non-hydrogen) atoms. The van der Waals surface area contributed by atoms with Crippen molar-refractivity contribution in [2.75, 3.05) is 6.54 Å². The normalized spacial score (nSPS) is 16.9. The predicted octanol–water partition coefficient (Wildman–Crippen LogP) is 0.825. The van der Waals surface area contributed by atoms with Gasteiger partial charge in [-0.1, -0.05) is 0 Å². The molecule has 1 saturated carbocycles. The van der Waals surface area contributed by atoms with E-state index in [4.69, 9.17) is 10.8 Å². The highest BCUT2D eigenvalue weighted by Crippen LogP contribution is 2.33. The SMILES string of the molecule is CC(C)N(CCC(=O)O)C(=O)CC(N)C1CC1. The van der Waals surface area contributed by atoms with Crippen molar-refractivity contribution in [2.24, 2.45) is 11.7 Å². The van der Waals surface area contributed by atoms with Crippen molar-refractivity contribution in [3.8, 4) is 0 Å². The average molecular weight is 242 g/mol. The second-order valence-electron chi connectivity index (χ2n) is 5.03. The molecule has 0 radical (unpaired) electrons. The third-order valence-electron chi connectivity index (χ3n) is 3.15. The van der Waals surface area contributed by atoms with Gasteiger partial charge in [0.15, 0.2) is 0 Å². The summed E-state index contributed by atoms with van der Waals surface area (Å²) in [6.07, 6.45) is 2.56. The first-order valence-electron chi connectivity index (χ1n) is 6.18. The van der Waals surface area contributed by atoms with Crippen LogP contribution in [-0.4, -0.2) is 40.5 Å². The molecular weight excluding hydrogens is 220 g/mol. The molecule has 1 aliphatic carbocycles. The summed E-state index contributed by atoms with van der Waals surface area (Å²) in [4.78, 5) is 24.1. The smallest absolute Gasteiger partial charge is 0.305 e. The van der Waals surface area contributed by atoms with Gasteiger partial charge in [-0.25, -0.2) is 0 Å². The molecule has 0 bridgehead atoms. The Morgan fingerprint density at radius 1 is 1.41 bits per heavy atom. The largest absolute Gasteiger partial charge is 0.481 e. The number of carboxylic acid groups (broad SMARTS) is 1. The highest BCUT2D eigenvalue weighted by Gasteiger charge is 2.31. The number of hydrogen-bond acceptors (Lipinski definition) is 3. The topological polar surface area (TPSA) is 83.6 Å². The quantitative estimate of drug-likeness (QED) is 0.692. The van der Waals surface area contributed by atoms with Gasteiger partial charge in [-0.3, -0.25) is 9.59 Å². The van der Waals surface area contributed by atoms with E-state index in [1.165, 1.54) is 0 Å². The maximum absolute atomic E-state index is 12.0. The molecule has 0 heterocycles. The van der Waals surface area contributed by atoms with Crippen LogP contribution in [0.1, 0.15) is 39.5 Å². The van der Waals surface area contributed by atoms with E-state index >= 15 is 0 Å². The summed E-state index contributed by atoms with van der Waals surface area (Å²) in [6, 6.07) is -0.0400. The van der Waals surface area contributed by atoms with Gasteiger partial charge in [0.1, 0.15) is 0 Å². The van der Waals surface area contributed by atoms with Gasteiger partial charge in [-0.2, -0.15) is 0 Å². The second-order valence-corrected chi connectivity index (χ2v) is 5.03. The third-order valence-corrected chi connectivity index (χ3v) is 3.15. The molecule has 0 saturated heterocycles.